The third-order valence-electron chi connectivity index (χ3n) is 6.40. The van der Waals surface area contributed by atoms with Crippen LogP contribution in [0.15, 0.2) is 48.5 Å². The topological polar surface area (TPSA) is 34.6 Å². The van der Waals surface area contributed by atoms with E-state index in [2.05, 4.69) is 29.2 Å². The Morgan fingerprint density at radius 3 is 2.53 bits per heavy atom. The van der Waals surface area contributed by atoms with Crippen molar-refractivity contribution in [2.24, 2.45) is 0 Å². The molecule has 30 heavy (non-hydrogen) atoms. The second kappa shape index (κ2) is 8.71. The second-order valence-corrected chi connectivity index (χ2v) is 9.05. The monoisotopic (exact) mass is 426 g/mol. The molecule has 3 heterocycles. The molecule has 2 aliphatic heterocycles. The lowest BCUT2D eigenvalue weighted by Gasteiger charge is -2.33. The van der Waals surface area contributed by atoms with Crippen LogP contribution in [0.1, 0.15) is 42.9 Å². The Hall–Kier alpha value is -1.86. The largest absolute Gasteiger partial charge is 0.343 e. The molecule has 0 amide bonds. The van der Waals surface area contributed by atoms with Crippen LogP contribution in [0.2, 0.25) is 0 Å². The van der Waals surface area contributed by atoms with Crippen molar-refractivity contribution in [3.05, 3.63) is 65.6 Å². The molecule has 158 valence electrons. The third-order valence-corrected chi connectivity index (χ3v) is 7.24. The van der Waals surface area contributed by atoms with E-state index < -0.39 is 5.79 Å². The predicted molar refractivity (Wildman–Crippen MR) is 117 cm³/mol. The van der Waals surface area contributed by atoms with Crippen molar-refractivity contribution in [3.63, 3.8) is 0 Å². The zero-order chi connectivity index (χ0) is 20.4. The van der Waals surface area contributed by atoms with Gasteiger partial charge in [0.05, 0.1) is 23.6 Å². The van der Waals surface area contributed by atoms with E-state index in [1.807, 2.05) is 0 Å². The van der Waals surface area contributed by atoms with Crippen LogP contribution in [0.4, 0.5) is 4.39 Å². The van der Waals surface area contributed by atoms with E-state index in [0.29, 0.717) is 19.1 Å². The molecule has 2 saturated heterocycles. The molecular weight excluding hydrogens is 399 g/mol. The van der Waals surface area contributed by atoms with Crippen molar-refractivity contribution in [2.75, 3.05) is 32.8 Å². The Labute approximate surface area is 180 Å². The summed E-state index contributed by atoms with van der Waals surface area (Å²) in [4.78, 5) is 2.54. The quantitative estimate of drug-likeness (QED) is 0.536. The zero-order valence-electron chi connectivity index (χ0n) is 17.1. The van der Waals surface area contributed by atoms with Crippen molar-refractivity contribution < 1.29 is 13.9 Å². The van der Waals surface area contributed by atoms with E-state index in [1.165, 1.54) is 27.9 Å². The van der Waals surface area contributed by atoms with Gasteiger partial charge in [0.25, 0.3) is 0 Å². The number of ether oxygens (including phenoxy) is 2. The lowest BCUT2D eigenvalue weighted by molar-refractivity contribution is -0.172. The summed E-state index contributed by atoms with van der Waals surface area (Å²) in [7, 11) is 0. The highest BCUT2D eigenvalue weighted by Gasteiger charge is 2.38. The van der Waals surface area contributed by atoms with Gasteiger partial charge in [-0.15, -0.1) is 0 Å². The molecule has 5 rings (SSSR count). The van der Waals surface area contributed by atoms with Gasteiger partial charge in [-0.2, -0.15) is 4.37 Å². The fourth-order valence-corrected chi connectivity index (χ4v) is 5.63. The minimum Gasteiger partial charge on any atom is -0.343 e. The standard InChI is InChI=1S/C24H27FN2O2S/c25-20-8-6-19(7-9-20)24(28-16-17-29-24)12-3-13-27-14-10-18(11-15-27)23-21-4-1-2-5-22(21)30-26-23/h1-2,4-9,18H,3,10-17H2. The van der Waals surface area contributed by atoms with Gasteiger partial charge in [-0.1, -0.05) is 30.3 Å². The van der Waals surface area contributed by atoms with Crippen molar-refractivity contribution in [1.82, 2.24) is 9.27 Å². The number of aromatic nitrogens is 1. The molecule has 0 aliphatic carbocycles. The van der Waals surface area contributed by atoms with Gasteiger partial charge in [-0.3, -0.25) is 0 Å². The number of likely N-dealkylation sites (tertiary alicyclic amines) is 1. The van der Waals surface area contributed by atoms with E-state index >= 15 is 0 Å². The van der Waals surface area contributed by atoms with E-state index in [1.54, 1.807) is 23.7 Å². The molecule has 0 N–H and O–H groups in total. The van der Waals surface area contributed by atoms with Crippen LogP contribution < -0.4 is 0 Å². The first-order valence-corrected chi connectivity index (χ1v) is 11.6. The highest BCUT2D eigenvalue weighted by molar-refractivity contribution is 7.13. The number of nitrogens with zero attached hydrogens (tertiary/aromatic N) is 2. The van der Waals surface area contributed by atoms with Crippen molar-refractivity contribution >= 4 is 21.6 Å². The molecule has 3 aromatic rings. The highest BCUT2D eigenvalue weighted by atomic mass is 32.1. The van der Waals surface area contributed by atoms with Crippen LogP contribution in [0.25, 0.3) is 10.1 Å². The van der Waals surface area contributed by atoms with E-state index in [0.717, 1.165) is 50.9 Å². The SMILES string of the molecule is Fc1ccc(C2(CCCN3CCC(c4nsc5ccccc45)CC3)OCCO2)cc1. The molecule has 0 atom stereocenters. The summed E-state index contributed by atoms with van der Waals surface area (Å²) in [5, 5.41) is 1.33. The van der Waals surface area contributed by atoms with Gasteiger partial charge in [0.1, 0.15) is 5.82 Å². The molecule has 0 radical (unpaired) electrons. The smallest absolute Gasteiger partial charge is 0.195 e. The number of hydrogen-bond acceptors (Lipinski definition) is 5. The lowest BCUT2D eigenvalue weighted by atomic mass is 9.91. The Morgan fingerprint density at radius 2 is 1.77 bits per heavy atom. The minimum absolute atomic E-state index is 0.234. The maximum absolute atomic E-state index is 13.3. The molecule has 6 heteroatoms. The summed E-state index contributed by atoms with van der Waals surface area (Å²) in [5.74, 6) is -0.391. The number of rotatable bonds is 6. The number of halogens is 1. The van der Waals surface area contributed by atoms with Crippen molar-refractivity contribution in [1.29, 1.82) is 0 Å². The maximum Gasteiger partial charge on any atom is 0.195 e. The van der Waals surface area contributed by atoms with Crippen LogP contribution in [-0.4, -0.2) is 42.1 Å². The second-order valence-electron chi connectivity index (χ2n) is 8.24. The average Bonchev–Trinajstić information content (AvgIpc) is 3.43. The van der Waals surface area contributed by atoms with Crippen LogP contribution in [0, 0.1) is 5.82 Å². The number of piperidine rings is 1. The van der Waals surface area contributed by atoms with Crippen LogP contribution in [-0.2, 0) is 15.3 Å². The van der Waals surface area contributed by atoms with Gasteiger partial charge in [0.2, 0.25) is 0 Å². The summed E-state index contributed by atoms with van der Waals surface area (Å²) in [6.45, 7) is 4.40. The van der Waals surface area contributed by atoms with Crippen LogP contribution >= 0.6 is 11.5 Å². The van der Waals surface area contributed by atoms with Gasteiger partial charge >= 0.3 is 0 Å². The van der Waals surface area contributed by atoms with E-state index in [4.69, 9.17) is 13.8 Å². The molecule has 1 aromatic heterocycles. The molecule has 0 unspecified atom stereocenters. The number of fused-ring (bicyclic) bond motifs is 1. The molecule has 2 aromatic carbocycles. The van der Waals surface area contributed by atoms with E-state index in [9.17, 15) is 4.39 Å². The summed E-state index contributed by atoms with van der Waals surface area (Å²) in [6.07, 6.45) is 4.09. The lowest BCUT2D eigenvalue weighted by Crippen LogP contribution is -2.35. The first-order chi connectivity index (χ1) is 14.7. The van der Waals surface area contributed by atoms with Gasteiger partial charge in [-0.05, 0) is 68.6 Å². The Bertz CT molecular complexity index is 976. The molecular formula is C24H27FN2O2S. The molecule has 4 nitrogen and oxygen atoms in total. The minimum atomic E-state index is -0.717. The van der Waals surface area contributed by atoms with Gasteiger partial charge in [-0.25, -0.2) is 4.39 Å². The third kappa shape index (κ3) is 4.02. The Balaban J connectivity index is 1.16. The molecule has 2 fully saturated rings. The van der Waals surface area contributed by atoms with Gasteiger partial charge in [0.15, 0.2) is 5.79 Å². The summed E-state index contributed by atoms with van der Waals surface area (Å²) in [5.41, 5.74) is 2.20. The van der Waals surface area contributed by atoms with Gasteiger partial charge < -0.3 is 14.4 Å². The Kier molecular flexibility index (Phi) is 5.83. The summed E-state index contributed by atoms with van der Waals surface area (Å²) >= 11 is 1.62. The van der Waals surface area contributed by atoms with Crippen LogP contribution in [0.3, 0.4) is 0 Å². The predicted octanol–water partition coefficient (Wildman–Crippen LogP) is 5.29. The van der Waals surface area contributed by atoms with E-state index in [-0.39, 0.29) is 5.82 Å². The first kappa shape index (κ1) is 20.1. The highest BCUT2D eigenvalue weighted by Crippen LogP contribution is 2.37. The first-order valence-electron chi connectivity index (χ1n) is 10.8. The number of benzene rings is 2. The molecule has 0 spiro atoms. The average molecular weight is 427 g/mol. The fraction of sp³-hybridized carbons (Fsp3) is 0.458. The molecule has 2 aliphatic rings. The molecule has 0 saturated carbocycles. The normalized spacial score (nSPS) is 20.2. The molecule has 0 bridgehead atoms. The zero-order valence-corrected chi connectivity index (χ0v) is 17.9. The van der Waals surface area contributed by atoms with Gasteiger partial charge in [0, 0.05) is 23.3 Å². The maximum atomic E-state index is 13.3. The fourth-order valence-electron chi connectivity index (χ4n) is 4.78. The van der Waals surface area contributed by atoms with Crippen molar-refractivity contribution in [2.45, 2.75) is 37.4 Å². The summed E-state index contributed by atoms with van der Waals surface area (Å²) in [6, 6.07) is 15.1. The van der Waals surface area contributed by atoms with Crippen LogP contribution in [0.5, 0.6) is 0 Å². The number of hydrogen-bond donors (Lipinski definition) is 0. The Morgan fingerprint density at radius 1 is 1.03 bits per heavy atom. The summed E-state index contributed by atoms with van der Waals surface area (Å²) < 4.78 is 31.4. The van der Waals surface area contributed by atoms with Crippen molar-refractivity contribution in [3.8, 4) is 0 Å².